The lowest BCUT2D eigenvalue weighted by molar-refractivity contribution is -0.149. The predicted molar refractivity (Wildman–Crippen MR) is 61.9 cm³/mol. The Bertz CT molecular complexity index is 286. The molecule has 1 saturated carbocycles. The minimum atomic E-state index is -0.253. The molecule has 2 fully saturated rings. The average molecular weight is 226 g/mol. The third kappa shape index (κ3) is 2.55. The number of amides is 1. The maximum Gasteiger partial charge on any atom is 0.248 e. The molecule has 0 aromatic heterocycles. The van der Waals surface area contributed by atoms with Gasteiger partial charge in [0.15, 0.2) is 0 Å². The Morgan fingerprint density at radius 3 is 2.44 bits per heavy atom. The van der Waals surface area contributed by atoms with Crippen LogP contribution in [0.15, 0.2) is 0 Å². The van der Waals surface area contributed by atoms with Crippen LogP contribution in [0.5, 0.6) is 0 Å². The van der Waals surface area contributed by atoms with Gasteiger partial charge >= 0.3 is 0 Å². The molecule has 1 amide bonds. The Labute approximate surface area is 97.1 Å². The smallest absolute Gasteiger partial charge is 0.248 e. The van der Waals surface area contributed by atoms with Crippen LogP contribution in [0.25, 0.3) is 0 Å². The van der Waals surface area contributed by atoms with Gasteiger partial charge in [0.05, 0.1) is 11.1 Å². The SMILES string of the molecule is CC(C)(C)OCC(=O)N1CC(N)(C2CC2)C1. The van der Waals surface area contributed by atoms with Crippen LogP contribution in [-0.2, 0) is 9.53 Å². The number of carbonyl (C=O) groups is 1. The molecule has 1 saturated heterocycles. The second-order valence-corrected chi connectivity index (χ2v) is 6.16. The number of likely N-dealkylation sites (tertiary alicyclic amines) is 1. The first-order valence-corrected chi connectivity index (χ1v) is 6.01. The molecule has 2 aliphatic rings. The van der Waals surface area contributed by atoms with E-state index in [1.54, 1.807) is 0 Å². The summed E-state index contributed by atoms with van der Waals surface area (Å²) in [5.74, 6) is 0.719. The van der Waals surface area contributed by atoms with E-state index in [1.807, 2.05) is 25.7 Å². The summed E-state index contributed by atoms with van der Waals surface area (Å²) in [6, 6.07) is 0. The van der Waals surface area contributed by atoms with Crippen molar-refractivity contribution in [3.8, 4) is 0 Å². The number of nitrogens with zero attached hydrogens (tertiary/aromatic N) is 1. The normalized spacial score (nSPS) is 24.1. The Kier molecular flexibility index (Phi) is 2.75. The van der Waals surface area contributed by atoms with Crippen molar-refractivity contribution in [2.24, 2.45) is 11.7 Å². The molecule has 2 N–H and O–H groups in total. The largest absolute Gasteiger partial charge is 0.366 e. The lowest BCUT2D eigenvalue weighted by Crippen LogP contribution is -2.70. The van der Waals surface area contributed by atoms with Gasteiger partial charge in [-0.1, -0.05) is 0 Å². The molecule has 0 aromatic carbocycles. The van der Waals surface area contributed by atoms with Crippen LogP contribution in [0.4, 0.5) is 0 Å². The van der Waals surface area contributed by atoms with Crippen LogP contribution in [0.3, 0.4) is 0 Å². The fraction of sp³-hybridized carbons (Fsp3) is 0.917. The molecule has 1 heterocycles. The summed E-state index contributed by atoms with van der Waals surface area (Å²) in [6.45, 7) is 7.45. The summed E-state index contributed by atoms with van der Waals surface area (Å²) in [5.41, 5.74) is 5.84. The summed E-state index contributed by atoms with van der Waals surface area (Å²) in [4.78, 5) is 13.6. The fourth-order valence-corrected chi connectivity index (χ4v) is 2.13. The number of rotatable bonds is 3. The summed E-state index contributed by atoms with van der Waals surface area (Å²) in [6.07, 6.45) is 2.47. The Morgan fingerprint density at radius 2 is 2.00 bits per heavy atom. The number of hydrogen-bond donors (Lipinski definition) is 1. The van der Waals surface area contributed by atoms with Gasteiger partial charge in [-0.3, -0.25) is 4.79 Å². The minimum Gasteiger partial charge on any atom is -0.366 e. The Hall–Kier alpha value is -0.610. The van der Waals surface area contributed by atoms with Crippen LogP contribution < -0.4 is 5.73 Å². The van der Waals surface area contributed by atoms with E-state index in [0.717, 1.165) is 0 Å². The van der Waals surface area contributed by atoms with E-state index >= 15 is 0 Å². The van der Waals surface area contributed by atoms with E-state index in [-0.39, 0.29) is 23.7 Å². The highest BCUT2D eigenvalue weighted by Crippen LogP contribution is 2.42. The lowest BCUT2D eigenvalue weighted by Gasteiger charge is -2.48. The molecular weight excluding hydrogens is 204 g/mol. The van der Waals surface area contributed by atoms with Crippen molar-refractivity contribution >= 4 is 5.91 Å². The monoisotopic (exact) mass is 226 g/mol. The molecule has 1 aliphatic heterocycles. The quantitative estimate of drug-likeness (QED) is 0.772. The van der Waals surface area contributed by atoms with Gasteiger partial charge in [-0.2, -0.15) is 0 Å². The Morgan fingerprint density at radius 1 is 1.44 bits per heavy atom. The molecule has 0 radical (unpaired) electrons. The minimum absolute atomic E-state index is 0.0663. The molecule has 0 atom stereocenters. The summed E-state index contributed by atoms with van der Waals surface area (Å²) in [5, 5.41) is 0. The second kappa shape index (κ2) is 3.70. The summed E-state index contributed by atoms with van der Waals surface area (Å²) < 4.78 is 5.46. The van der Waals surface area contributed by atoms with E-state index in [9.17, 15) is 4.79 Å². The van der Waals surface area contributed by atoms with Crippen LogP contribution >= 0.6 is 0 Å². The van der Waals surface area contributed by atoms with Crippen molar-refractivity contribution < 1.29 is 9.53 Å². The van der Waals surface area contributed by atoms with Crippen molar-refractivity contribution in [2.75, 3.05) is 19.7 Å². The van der Waals surface area contributed by atoms with E-state index in [1.165, 1.54) is 12.8 Å². The van der Waals surface area contributed by atoms with Gasteiger partial charge in [0.2, 0.25) is 5.91 Å². The maximum absolute atomic E-state index is 11.7. The van der Waals surface area contributed by atoms with Gasteiger partial charge in [-0.15, -0.1) is 0 Å². The highest BCUT2D eigenvalue weighted by atomic mass is 16.5. The first-order valence-electron chi connectivity index (χ1n) is 6.01. The van der Waals surface area contributed by atoms with Gasteiger partial charge in [0.25, 0.3) is 0 Å². The van der Waals surface area contributed by atoms with Gasteiger partial charge in [0, 0.05) is 13.1 Å². The van der Waals surface area contributed by atoms with Crippen molar-refractivity contribution in [1.82, 2.24) is 4.90 Å². The first-order chi connectivity index (χ1) is 7.30. The van der Waals surface area contributed by atoms with Crippen LogP contribution in [-0.4, -0.2) is 41.6 Å². The van der Waals surface area contributed by atoms with Crippen molar-refractivity contribution in [1.29, 1.82) is 0 Å². The highest BCUT2D eigenvalue weighted by molar-refractivity contribution is 5.78. The molecule has 4 nitrogen and oxygen atoms in total. The van der Waals surface area contributed by atoms with E-state index in [0.29, 0.717) is 19.0 Å². The molecule has 4 heteroatoms. The van der Waals surface area contributed by atoms with Crippen molar-refractivity contribution in [3.63, 3.8) is 0 Å². The first kappa shape index (κ1) is 11.9. The Balaban J connectivity index is 1.72. The molecule has 2 rings (SSSR count). The second-order valence-electron chi connectivity index (χ2n) is 6.16. The highest BCUT2D eigenvalue weighted by Gasteiger charge is 2.51. The van der Waals surface area contributed by atoms with Gasteiger partial charge in [-0.05, 0) is 39.5 Å². The molecule has 92 valence electrons. The molecule has 0 spiro atoms. The zero-order valence-corrected chi connectivity index (χ0v) is 10.5. The molecular formula is C12H22N2O2. The van der Waals surface area contributed by atoms with Crippen LogP contribution in [0.2, 0.25) is 0 Å². The number of ether oxygens (including phenoxy) is 1. The van der Waals surface area contributed by atoms with Crippen LogP contribution in [0, 0.1) is 5.92 Å². The third-order valence-electron chi connectivity index (χ3n) is 3.34. The molecule has 0 unspecified atom stereocenters. The summed E-state index contributed by atoms with van der Waals surface area (Å²) in [7, 11) is 0. The topological polar surface area (TPSA) is 55.6 Å². The number of carbonyl (C=O) groups excluding carboxylic acids is 1. The maximum atomic E-state index is 11.7. The van der Waals surface area contributed by atoms with Crippen molar-refractivity contribution in [2.45, 2.75) is 44.8 Å². The van der Waals surface area contributed by atoms with Gasteiger partial charge < -0.3 is 15.4 Å². The van der Waals surface area contributed by atoms with Crippen molar-refractivity contribution in [3.05, 3.63) is 0 Å². The third-order valence-corrected chi connectivity index (χ3v) is 3.34. The molecule has 16 heavy (non-hydrogen) atoms. The number of hydrogen-bond acceptors (Lipinski definition) is 3. The van der Waals surface area contributed by atoms with E-state index in [4.69, 9.17) is 10.5 Å². The van der Waals surface area contributed by atoms with Gasteiger partial charge in [0.1, 0.15) is 6.61 Å². The predicted octanol–water partition coefficient (Wildman–Crippen LogP) is 0.751. The molecule has 0 bridgehead atoms. The molecule has 1 aliphatic carbocycles. The van der Waals surface area contributed by atoms with E-state index < -0.39 is 0 Å². The fourth-order valence-electron chi connectivity index (χ4n) is 2.13. The number of nitrogens with two attached hydrogens (primary N) is 1. The van der Waals surface area contributed by atoms with Gasteiger partial charge in [-0.25, -0.2) is 0 Å². The van der Waals surface area contributed by atoms with Crippen LogP contribution in [0.1, 0.15) is 33.6 Å². The zero-order chi connectivity index (χ0) is 12.0. The molecule has 0 aromatic rings. The standard InChI is InChI=1S/C12H22N2O2/c1-11(2,3)16-6-10(15)14-7-12(13,8-14)9-4-5-9/h9H,4-8,13H2,1-3H3. The average Bonchev–Trinajstić information content (AvgIpc) is 2.90. The lowest BCUT2D eigenvalue weighted by atomic mass is 9.86. The van der Waals surface area contributed by atoms with E-state index in [2.05, 4.69) is 0 Å². The zero-order valence-electron chi connectivity index (χ0n) is 10.5. The summed E-state index contributed by atoms with van der Waals surface area (Å²) >= 11 is 0.